The highest BCUT2D eigenvalue weighted by Crippen LogP contribution is 1.98. The van der Waals surface area contributed by atoms with Crippen molar-refractivity contribution >= 4 is 22.6 Å². The monoisotopic (exact) mass is 275 g/mol. The van der Waals surface area contributed by atoms with Gasteiger partial charge in [0.05, 0.1) is 0 Å². The molecule has 1 rings (SSSR count). The highest BCUT2D eigenvalue weighted by Gasteiger charge is 1.97. The lowest BCUT2D eigenvalue weighted by atomic mass is 10.2. The zero-order valence-electron chi connectivity index (χ0n) is 7.26. The molecular formula is C10H14IN. The van der Waals surface area contributed by atoms with Crippen molar-refractivity contribution in [1.82, 2.24) is 5.32 Å². The lowest BCUT2D eigenvalue weighted by Gasteiger charge is -2.09. The summed E-state index contributed by atoms with van der Waals surface area (Å²) in [7, 11) is 0. The lowest BCUT2D eigenvalue weighted by molar-refractivity contribution is 0.601. The molecule has 1 atom stereocenters. The van der Waals surface area contributed by atoms with E-state index in [-0.39, 0.29) is 0 Å². The largest absolute Gasteiger partial charge is 0.309 e. The minimum Gasteiger partial charge on any atom is -0.309 e. The van der Waals surface area contributed by atoms with Crippen LogP contribution in [0, 0.1) is 0 Å². The van der Waals surface area contributed by atoms with Crippen LogP contribution in [-0.4, -0.2) is 10.5 Å². The standard InChI is InChI=1S/C10H14IN/c1-9(7-11)12-8-10-5-3-2-4-6-10/h2-6,9,12H,7-8H2,1H3/t9-/m1/s1. The average molecular weight is 275 g/mol. The average Bonchev–Trinajstić information content (AvgIpc) is 2.16. The van der Waals surface area contributed by atoms with E-state index in [0.29, 0.717) is 6.04 Å². The topological polar surface area (TPSA) is 12.0 Å². The maximum absolute atomic E-state index is 3.44. The Hall–Kier alpha value is -0.0900. The van der Waals surface area contributed by atoms with E-state index in [1.54, 1.807) is 0 Å². The van der Waals surface area contributed by atoms with Gasteiger partial charge < -0.3 is 5.32 Å². The molecule has 1 nitrogen and oxygen atoms in total. The van der Waals surface area contributed by atoms with Crippen LogP contribution in [0.4, 0.5) is 0 Å². The van der Waals surface area contributed by atoms with E-state index in [4.69, 9.17) is 0 Å². The van der Waals surface area contributed by atoms with Crippen LogP contribution in [0.1, 0.15) is 12.5 Å². The molecule has 0 saturated carbocycles. The third-order valence-corrected chi connectivity index (χ3v) is 3.05. The van der Waals surface area contributed by atoms with Crippen LogP contribution in [0.3, 0.4) is 0 Å². The van der Waals surface area contributed by atoms with E-state index >= 15 is 0 Å². The van der Waals surface area contributed by atoms with Crippen LogP contribution in [0.2, 0.25) is 0 Å². The molecule has 1 N–H and O–H groups in total. The van der Waals surface area contributed by atoms with Crippen LogP contribution in [0.15, 0.2) is 30.3 Å². The first-order valence-electron chi connectivity index (χ1n) is 4.16. The molecule has 1 aromatic carbocycles. The first-order valence-corrected chi connectivity index (χ1v) is 5.68. The number of hydrogen-bond acceptors (Lipinski definition) is 1. The predicted octanol–water partition coefficient (Wildman–Crippen LogP) is 2.60. The Labute approximate surface area is 87.7 Å². The van der Waals surface area contributed by atoms with Gasteiger partial charge in [-0.05, 0) is 12.5 Å². The van der Waals surface area contributed by atoms with Gasteiger partial charge >= 0.3 is 0 Å². The number of rotatable bonds is 4. The molecule has 0 aliphatic carbocycles. The van der Waals surface area contributed by atoms with Crippen LogP contribution in [0.25, 0.3) is 0 Å². The van der Waals surface area contributed by atoms with Gasteiger partial charge in [0, 0.05) is 17.0 Å². The van der Waals surface area contributed by atoms with Crippen molar-refractivity contribution in [2.24, 2.45) is 0 Å². The summed E-state index contributed by atoms with van der Waals surface area (Å²) in [6, 6.07) is 11.1. The van der Waals surface area contributed by atoms with Gasteiger partial charge in [0.15, 0.2) is 0 Å². The van der Waals surface area contributed by atoms with E-state index in [1.165, 1.54) is 5.56 Å². The Morgan fingerprint density at radius 2 is 2.00 bits per heavy atom. The maximum atomic E-state index is 3.44. The van der Waals surface area contributed by atoms with Crippen LogP contribution in [0.5, 0.6) is 0 Å². The van der Waals surface area contributed by atoms with Crippen LogP contribution in [-0.2, 0) is 6.54 Å². The van der Waals surface area contributed by atoms with Crippen LogP contribution >= 0.6 is 22.6 Å². The van der Waals surface area contributed by atoms with Gasteiger partial charge in [-0.1, -0.05) is 52.9 Å². The fourth-order valence-electron chi connectivity index (χ4n) is 0.942. The smallest absolute Gasteiger partial charge is 0.0208 e. The Morgan fingerprint density at radius 3 is 2.58 bits per heavy atom. The molecule has 1 aromatic rings. The zero-order chi connectivity index (χ0) is 8.81. The molecule has 0 bridgehead atoms. The summed E-state index contributed by atoms with van der Waals surface area (Å²) in [5, 5.41) is 3.44. The van der Waals surface area contributed by atoms with Crippen molar-refractivity contribution in [3.05, 3.63) is 35.9 Å². The van der Waals surface area contributed by atoms with E-state index in [9.17, 15) is 0 Å². The molecule has 0 aromatic heterocycles. The Morgan fingerprint density at radius 1 is 1.33 bits per heavy atom. The van der Waals surface area contributed by atoms with Gasteiger partial charge in [0.2, 0.25) is 0 Å². The fraction of sp³-hybridized carbons (Fsp3) is 0.400. The SMILES string of the molecule is C[C@H](CI)NCc1ccccc1. The molecule has 0 aliphatic rings. The van der Waals surface area contributed by atoms with E-state index in [0.717, 1.165) is 11.0 Å². The molecule has 0 fully saturated rings. The summed E-state index contributed by atoms with van der Waals surface area (Å²) < 4.78 is 1.16. The van der Waals surface area contributed by atoms with Gasteiger partial charge in [-0.25, -0.2) is 0 Å². The molecule has 0 spiro atoms. The quantitative estimate of drug-likeness (QED) is 0.658. The van der Waals surface area contributed by atoms with Gasteiger partial charge in [-0.2, -0.15) is 0 Å². The lowest BCUT2D eigenvalue weighted by Crippen LogP contribution is -2.26. The number of nitrogens with one attached hydrogen (secondary N) is 1. The number of alkyl halides is 1. The second-order valence-corrected chi connectivity index (χ2v) is 3.80. The normalized spacial score (nSPS) is 12.8. The minimum atomic E-state index is 0.603. The molecular weight excluding hydrogens is 261 g/mol. The number of halogens is 1. The van der Waals surface area contributed by atoms with E-state index in [1.807, 2.05) is 6.07 Å². The van der Waals surface area contributed by atoms with Crippen molar-refractivity contribution in [2.45, 2.75) is 19.5 Å². The van der Waals surface area contributed by atoms with Gasteiger partial charge in [0.1, 0.15) is 0 Å². The highest BCUT2D eigenvalue weighted by molar-refractivity contribution is 14.1. The second-order valence-electron chi connectivity index (χ2n) is 2.92. The van der Waals surface area contributed by atoms with Gasteiger partial charge in [-0.15, -0.1) is 0 Å². The molecule has 0 unspecified atom stereocenters. The van der Waals surface area contributed by atoms with Crippen molar-refractivity contribution in [2.75, 3.05) is 4.43 Å². The summed E-state index contributed by atoms with van der Waals surface area (Å²) in [4.78, 5) is 0. The molecule has 0 amide bonds. The number of benzene rings is 1. The summed E-state index contributed by atoms with van der Waals surface area (Å²) in [6.45, 7) is 3.18. The molecule has 12 heavy (non-hydrogen) atoms. The Balaban J connectivity index is 2.33. The van der Waals surface area contributed by atoms with E-state index in [2.05, 4.69) is 59.1 Å². The van der Waals surface area contributed by atoms with Gasteiger partial charge in [0.25, 0.3) is 0 Å². The minimum absolute atomic E-state index is 0.603. The fourth-order valence-corrected chi connectivity index (χ4v) is 1.25. The van der Waals surface area contributed by atoms with Crippen molar-refractivity contribution in [3.8, 4) is 0 Å². The van der Waals surface area contributed by atoms with Crippen molar-refractivity contribution in [1.29, 1.82) is 0 Å². The summed E-state index contributed by atoms with van der Waals surface area (Å²) in [5.74, 6) is 0. The van der Waals surface area contributed by atoms with Crippen molar-refractivity contribution in [3.63, 3.8) is 0 Å². The Kier molecular flexibility index (Phi) is 4.61. The second kappa shape index (κ2) is 5.54. The molecule has 66 valence electrons. The first kappa shape index (κ1) is 9.99. The van der Waals surface area contributed by atoms with Gasteiger partial charge in [-0.3, -0.25) is 0 Å². The summed E-state index contributed by atoms with van der Waals surface area (Å²) in [6.07, 6.45) is 0. The zero-order valence-corrected chi connectivity index (χ0v) is 9.41. The van der Waals surface area contributed by atoms with Crippen LogP contribution < -0.4 is 5.32 Å². The molecule has 2 heteroatoms. The summed E-state index contributed by atoms with van der Waals surface area (Å²) in [5.41, 5.74) is 1.36. The van der Waals surface area contributed by atoms with Crippen molar-refractivity contribution < 1.29 is 0 Å². The van der Waals surface area contributed by atoms with E-state index < -0.39 is 0 Å². The summed E-state index contributed by atoms with van der Waals surface area (Å²) >= 11 is 2.39. The third-order valence-electron chi connectivity index (χ3n) is 1.73. The molecule has 0 saturated heterocycles. The highest BCUT2D eigenvalue weighted by atomic mass is 127. The third kappa shape index (κ3) is 3.54. The molecule has 0 radical (unpaired) electrons. The maximum Gasteiger partial charge on any atom is 0.0208 e. The Bertz CT molecular complexity index is 210. The first-order chi connectivity index (χ1) is 5.83. The predicted molar refractivity (Wildman–Crippen MR) is 61.6 cm³/mol. The molecule has 0 aliphatic heterocycles. The number of hydrogen-bond donors (Lipinski definition) is 1. The molecule has 0 heterocycles.